The van der Waals surface area contributed by atoms with Gasteiger partial charge in [-0.05, 0) is 44.9 Å². The summed E-state index contributed by atoms with van der Waals surface area (Å²) in [6.45, 7) is 2.23. The zero-order valence-corrected chi connectivity index (χ0v) is 14.5. The molecule has 0 bridgehead atoms. The van der Waals surface area contributed by atoms with E-state index < -0.39 is 5.97 Å². The summed E-state index contributed by atoms with van der Waals surface area (Å²) in [5, 5.41) is 8.52. The molecule has 130 valence electrons. The van der Waals surface area contributed by atoms with E-state index in [4.69, 9.17) is 9.84 Å². The Morgan fingerprint density at radius 2 is 1.52 bits per heavy atom. The Kier molecular flexibility index (Phi) is 11.2. The fraction of sp³-hybridized carbons (Fsp3) is 0.650. The van der Waals surface area contributed by atoms with E-state index >= 15 is 0 Å². The van der Waals surface area contributed by atoms with Crippen molar-refractivity contribution in [2.45, 2.75) is 83.3 Å². The third-order valence-corrected chi connectivity index (χ3v) is 3.93. The number of carbonyl (C=O) groups is 1. The number of allylic oxidation sites excluding steroid dienone is 4. The maximum Gasteiger partial charge on any atom is 0.303 e. The van der Waals surface area contributed by atoms with Crippen molar-refractivity contribution in [2.24, 2.45) is 0 Å². The van der Waals surface area contributed by atoms with Crippen LogP contribution in [0, 0.1) is 0 Å². The topological polar surface area (TPSA) is 49.8 Å². The van der Waals surface area contributed by atoms with Crippen molar-refractivity contribution in [2.75, 3.05) is 0 Å². The van der Waals surface area contributed by atoms with Crippen LogP contribution in [0.25, 0.3) is 0 Å². The van der Waals surface area contributed by atoms with Crippen LogP contribution in [0.3, 0.4) is 0 Å². The van der Waals surface area contributed by atoms with Crippen LogP contribution in [0.4, 0.5) is 0 Å². The van der Waals surface area contributed by atoms with Gasteiger partial charge in [0.2, 0.25) is 0 Å². The molecule has 23 heavy (non-hydrogen) atoms. The Morgan fingerprint density at radius 3 is 2.22 bits per heavy atom. The van der Waals surface area contributed by atoms with E-state index in [2.05, 4.69) is 43.4 Å². The van der Waals surface area contributed by atoms with Crippen LogP contribution in [0.2, 0.25) is 0 Å². The fourth-order valence-corrected chi connectivity index (χ4v) is 2.44. The molecule has 3 heteroatoms. The third kappa shape index (κ3) is 11.8. The molecular formula is C20H32O3. The molecule has 0 radical (unpaired) electrons. The van der Waals surface area contributed by atoms with Gasteiger partial charge in [-0.1, -0.05) is 56.2 Å². The van der Waals surface area contributed by atoms with Crippen LogP contribution in [0.15, 0.2) is 36.5 Å². The minimum absolute atomic E-state index is 0.258. The number of rotatable bonds is 14. The number of carboxylic acids is 1. The van der Waals surface area contributed by atoms with E-state index in [0.29, 0.717) is 12.2 Å². The molecule has 1 aliphatic heterocycles. The number of aliphatic carboxylic acids is 1. The van der Waals surface area contributed by atoms with E-state index in [1.54, 1.807) is 0 Å². The first-order valence-electron chi connectivity index (χ1n) is 9.06. The minimum Gasteiger partial charge on any atom is -0.481 e. The molecule has 1 saturated heterocycles. The largest absolute Gasteiger partial charge is 0.481 e. The second kappa shape index (κ2) is 13.1. The van der Waals surface area contributed by atoms with Crippen LogP contribution in [-0.2, 0) is 9.53 Å². The molecule has 1 heterocycles. The number of hydrogen-bond donors (Lipinski definition) is 1. The SMILES string of the molecule is CCCCC/C=C/C[C@H]1O[C@H]1C/C=C/C/C=C/CCCC(=O)O. The molecular weight excluding hydrogens is 288 g/mol. The first kappa shape index (κ1) is 19.7. The van der Waals surface area contributed by atoms with Crippen molar-refractivity contribution in [3.63, 3.8) is 0 Å². The van der Waals surface area contributed by atoms with Crippen LogP contribution in [0.5, 0.6) is 0 Å². The molecule has 1 aliphatic rings. The van der Waals surface area contributed by atoms with Crippen LogP contribution >= 0.6 is 0 Å². The number of ether oxygens (including phenoxy) is 1. The lowest BCUT2D eigenvalue weighted by atomic mass is 10.1. The van der Waals surface area contributed by atoms with Gasteiger partial charge in [-0.15, -0.1) is 0 Å². The van der Waals surface area contributed by atoms with Crippen molar-refractivity contribution in [1.29, 1.82) is 0 Å². The highest BCUT2D eigenvalue weighted by atomic mass is 16.6. The molecule has 0 aliphatic carbocycles. The number of epoxide rings is 1. The first-order valence-corrected chi connectivity index (χ1v) is 9.06. The Morgan fingerprint density at radius 1 is 0.913 bits per heavy atom. The molecule has 0 unspecified atom stereocenters. The smallest absolute Gasteiger partial charge is 0.303 e. The molecule has 0 aromatic carbocycles. The summed E-state index contributed by atoms with van der Waals surface area (Å²) in [6.07, 6.45) is 23.8. The monoisotopic (exact) mass is 320 g/mol. The summed E-state index contributed by atoms with van der Waals surface area (Å²) in [6, 6.07) is 0. The summed E-state index contributed by atoms with van der Waals surface area (Å²) < 4.78 is 5.65. The van der Waals surface area contributed by atoms with Gasteiger partial charge in [-0.2, -0.15) is 0 Å². The van der Waals surface area contributed by atoms with Gasteiger partial charge in [0.05, 0.1) is 12.2 Å². The Balaban J connectivity index is 1.92. The second-order valence-electron chi connectivity index (χ2n) is 6.12. The molecule has 2 atom stereocenters. The summed E-state index contributed by atoms with van der Waals surface area (Å²) in [4.78, 5) is 10.3. The van der Waals surface area contributed by atoms with Crippen molar-refractivity contribution < 1.29 is 14.6 Å². The average Bonchev–Trinajstić information content (AvgIpc) is 3.27. The van der Waals surface area contributed by atoms with E-state index in [1.165, 1.54) is 25.7 Å². The predicted octanol–water partition coefficient (Wildman–Crippen LogP) is 5.43. The van der Waals surface area contributed by atoms with Crippen LogP contribution in [0.1, 0.15) is 71.1 Å². The zero-order chi connectivity index (χ0) is 16.8. The summed E-state index contributed by atoms with van der Waals surface area (Å²) >= 11 is 0. The fourth-order valence-electron chi connectivity index (χ4n) is 2.44. The molecule has 0 aromatic heterocycles. The molecule has 3 nitrogen and oxygen atoms in total. The standard InChI is InChI=1S/C20H32O3/c1-2-3-4-5-9-12-15-18-19(23-18)16-13-10-7-6-8-11-14-17-20(21)22/h6,8-10,12-13,18-19H,2-5,7,11,14-17H2,1H3,(H,21,22)/b8-6+,12-9+,13-10+/t18-,19+/m1/s1. The zero-order valence-electron chi connectivity index (χ0n) is 14.5. The molecule has 0 spiro atoms. The highest BCUT2D eigenvalue weighted by Crippen LogP contribution is 2.29. The van der Waals surface area contributed by atoms with Gasteiger partial charge in [0.15, 0.2) is 0 Å². The third-order valence-electron chi connectivity index (χ3n) is 3.93. The van der Waals surface area contributed by atoms with E-state index in [9.17, 15) is 4.79 Å². The van der Waals surface area contributed by atoms with Crippen LogP contribution in [-0.4, -0.2) is 23.3 Å². The molecule has 0 saturated carbocycles. The van der Waals surface area contributed by atoms with Crippen LogP contribution < -0.4 is 0 Å². The van der Waals surface area contributed by atoms with E-state index in [1.807, 2.05) is 0 Å². The summed E-state index contributed by atoms with van der Waals surface area (Å²) in [7, 11) is 0. The minimum atomic E-state index is -0.715. The van der Waals surface area contributed by atoms with Gasteiger partial charge in [-0.25, -0.2) is 0 Å². The quantitative estimate of drug-likeness (QED) is 0.264. The van der Waals surface area contributed by atoms with E-state index in [0.717, 1.165) is 32.1 Å². The van der Waals surface area contributed by atoms with Gasteiger partial charge in [0, 0.05) is 6.42 Å². The van der Waals surface area contributed by atoms with Crippen molar-refractivity contribution in [1.82, 2.24) is 0 Å². The Hall–Kier alpha value is -1.35. The van der Waals surface area contributed by atoms with Gasteiger partial charge in [0.25, 0.3) is 0 Å². The van der Waals surface area contributed by atoms with E-state index in [-0.39, 0.29) is 6.42 Å². The highest BCUT2D eigenvalue weighted by molar-refractivity contribution is 5.66. The van der Waals surface area contributed by atoms with Crippen molar-refractivity contribution >= 4 is 5.97 Å². The maximum atomic E-state index is 10.3. The highest BCUT2D eigenvalue weighted by Gasteiger charge is 2.35. The summed E-state index contributed by atoms with van der Waals surface area (Å²) in [5.41, 5.74) is 0. The van der Waals surface area contributed by atoms with Gasteiger partial charge < -0.3 is 9.84 Å². The molecule has 1 N–H and O–H groups in total. The Bertz CT molecular complexity index is 396. The predicted molar refractivity (Wildman–Crippen MR) is 95.6 cm³/mol. The lowest BCUT2D eigenvalue weighted by molar-refractivity contribution is -0.137. The maximum absolute atomic E-state index is 10.3. The lowest BCUT2D eigenvalue weighted by Crippen LogP contribution is -1.92. The second-order valence-corrected chi connectivity index (χ2v) is 6.12. The molecule has 1 rings (SSSR count). The first-order chi connectivity index (χ1) is 11.2. The normalized spacial score (nSPS) is 20.9. The number of carboxylic acid groups (broad SMARTS) is 1. The number of hydrogen-bond acceptors (Lipinski definition) is 2. The molecule has 0 amide bonds. The Labute approximate surface area is 141 Å². The van der Waals surface area contributed by atoms with Gasteiger partial charge >= 0.3 is 5.97 Å². The van der Waals surface area contributed by atoms with Crippen molar-refractivity contribution in [3.05, 3.63) is 36.5 Å². The van der Waals surface area contributed by atoms with Gasteiger partial charge in [-0.3, -0.25) is 4.79 Å². The lowest BCUT2D eigenvalue weighted by Gasteiger charge is -1.91. The summed E-state index contributed by atoms with van der Waals surface area (Å²) in [5.74, 6) is -0.715. The molecule has 1 fully saturated rings. The molecule has 0 aromatic rings. The van der Waals surface area contributed by atoms with Crippen molar-refractivity contribution in [3.8, 4) is 0 Å². The average molecular weight is 320 g/mol. The van der Waals surface area contributed by atoms with Gasteiger partial charge in [0.1, 0.15) is 0 Å². The number of unbranched alkanes of at least 4 members (excludes halogenated alkanes) is 4.